The van der Waals surface area contributed by atoms with Crippen molar-refractivity contribution in [2.45, 2.75) is 13.0 Å². The number of nitrogen functional groups attached to an aromatic ring is 1. The quantitative estimate of drug-likeness (QED) is 0.361. The second-order valence-electron chi connectivity index (χ2n) is 4.29. The van der Waals surface area contributed by atoms with Crippen LogP contribution in [0.3, 0.4) is 0 Å². The van der Waals surface area contributed by atoms with Crippen LogP contribution in [-0.4, -0.2) is 41.9 Å². The molecule has 110 valence electrons. The van der Waals surface area contributed by atoms with Crippen molar-refractivity contribution in [3.05, 3.63) is 29.8 Å². The molecule has 0 heterocycles. The Hall–Kier alpha value is -2.05. The highest BCUT2D eigenvalue weighted by Crippen LogP contribution is 2.19. The van der Waals surface area contributed by atoms with Crippen LogP contribution in [0.2, 0.25) is 0 Å². The van der Waals surface area contributed by atoms with Gasteiger partial charge in [0.25, 0.3) is 0 Å². The Morgan fingerprint density at radius 2 is 2.25 bits per heavy atom. The molecule has 0 saturated heterocycles. The van der Waals surface area contributed by atoms with Crippen LogP contribution in [0, 0.1) is 0 Å². The fourth-order valence-electron chi connectivity index (χ4n) is 1.53. The van der Waals surface area contributed by atoms with Gasteiger partial charge in [0.15, 0.2) is 0 Å². The molecule has 0 bridgehead atoms. The number of benzene rings is 1. The Balaban J connectivity index is 2.73. The van der Waals surface area contributed by atoms with Gasteiger partial charge >= 0.3 is 0 Å². The number of carbonyl (C=O) groups excluding carboxylic acids is 1. The molecule has 0 aliphatic rings. The van der Waals surface area contributed by atoms with Crippen molar-refractivity contribution < 1.29 is 15.0 Å². The SMILES string of the molecule is CCNC(=O)C=Cc1cc(NCC(O)CO)ccc1N. The molecule has 0 aliphatic carbocycles. The van der Waals surface area contributed by atoms with E-state index in [9.17, 15) is 9.90 Å². The fourth-order valence-corrected chi connectivity index (χ4v) is 1.53. The molecule has 0 saturated carbocycles. The van der Waals surface area contributed by atoms with Gasteiger partial charge in [-0.25, -0.2) is 0 Å². The van der Waals surface area contributed by atoms with Crippen LogP contribution in [0.1, 0.15) is 12.5 Å². The number of aliphatic hydroxyl groups excluding tert-OH is 2. The summed E-state index contributed by atoms with van der Waals surface area (Å²) in [6.07, 6.45) is 2.23. The summed E-state index contributed by atoms with van der Waals surface area (Å²) in [4.78, 5) is 11.4. The monoisotopic (exact) mass is 279 g/mol. The Bertz CT molecular complexity index is 475. The van der Waals surface area contributed by atoms with Crippen molar-refractivity contribution in [3.63, 3.8) is 0 Å². The molecule has 1 rings (SSSR count). The predicted molar refractivity (Wildman–Crippen MR) is 80.2 cm³/mol. The molecule has 0 aromatic heterocycles. The highest BCUT2D eigenvalue weighted by Gasteiger charge is 2.03. The van der Waals surface area contributed by atoms with Crippen molar-refractivity contribution >= 4 is 23.4 Å². The van der Waals surface area contributed by atoms with Crippen molar-refractivity contribution in [1.82, 2.24) is 5.32 Å². The summed E-state index contributed by atoms with van der Waals surface area (Å²) in [5, 5.41) is 23.6. The van der Waals surface area contributed by atoms with Crippen molar-refractivity contribution in [2.75, 3.05) is 30.7 Å². The van der Waals surface area contributed by atoms with Crippen molar-refractivity contribution in [1.29, 1.82) is 0 Å². The maximum Gasteiger partial charge on any atom is 0.243 e. The summed E-state index contributed by atoms with van der Waals surface area (Å²) in [5.41, 5.74) is 7.85. The van der Waals surface area contributed by atoms with E-state index in [0.717, 1.165) is 5.69 Å². The molecule has 6 heteroatoms. The van der Waals surface area contributed by atoms with E-state index >= 15 is 0 Å². The third kappa shape index (κ3) is 5.29. The Labute approximate surface area is 118 Å². The lowest BCUT2D eigenvalue weighted by molar-refractivity contribution is -0.116. The molecule has 1 aromatic rings. The average Bonchev–Trinajstić information content (AvgIpc) is 2.44. The summed E-state index contributed by atoms with van der Waals surface area (Å²) in [7, 11) is 0. The zero-order valence-electron chi connectivity index (χ0n) is 11.5. The van der Waals surface area contributed by atoms with E-state index in [4.69, 9.17) is 10.8 Å². The van der Waals surface area contributed by atoms with Crippen LogP contribution < -0.4 is 16.4 Å². The van der Waals surface area contributed by atoms with Crippen LogP contribution in [0.4, 0.5) is 11.4 Å². The zero-order chi connectivity index (χ0) is 15.0. The highest BCUT2D eigenvalue weighted by molar-refractivity contribution is 5.92. The standard InChI is InChI=1S/C14H21N3O3/c1-2-16-14(20)6-3-10-7-11(4-5-13(10)15)17-8-12(19)9-18/h3-7,12,17-19H,2,8-9,15H2,1H3,(H,16,20). The second kappa shape index (κ2) is 8.19. The summed E-state index contributed by atoms with van der Waals surface area (Å²) < 4.78 is 0. The first-order valence-electron chi connectivity index (χ1n) is 6.45. The number of nitrogens with two attached hydrogens (primary N) is 1. The van der Waals surface area contributed by atoms with E-state index in [-0.39, 0.29) is 19.1 Å². The third-order valence-corrected chi connectivity index (χ3v) is 2.60. The van der Waals surface area contributed by atoms with Gasteiger partial charge in [-0.05, 0) is 36.8 Å². The maximum atomic E-state index is 11.4. The Kier molecular flexibility index (Phi) is 6.55. The normalized spacial score (nSPS) is 12.3. The van der Waals surface area contributed by atoms with E-state index in [1.165, 1.54) is 6.08 Å². The van der Waals surface area contributed by atoms with Gasteiger partial charge in [-0.2, -0.15) is 0 Å². The van der Waals surface area contributed by atoms with Crippen LogP contribution in [0.25, 0.3) is 6.08 Å². The molecule has 0 aliphatic heterocycles. The lowest BCUT2D eigenvalue weighted by Crippen LogP contribution is -2.22. The number of aliphatic hydroxyl groups is 2. The number of amides is 1. The van der Waals surface area contributed by atoms with E-state index in [0.29, 0.717) is 17.8 Å². The minimum Gasteiger partial charge on any atom is -0.398 e. The van der Waals surface area contributed by atoms with E-state index < -0.39 is 6.10 Å². The number of hydrogen-bond acceptors (Lipinski definition) is 5. The zero-order valence-corrected chi connectivity index (χ0v) is 11.5. The number of anilines is 2. The van der Waals surface area contributed by atoms with E-state index in [2.05, 4.69) is 10.6 Å². The molecule has 0 fully saturated rings. The number of likely N-dealkylation sites (N-methyl/N-ethyl adjacent to an activating group) is 1. The largest absolute Gasteiger partial charge is 0.398 e. The van der Waals surface area contributed by atoms with Crippen LogP contribution in [0.15, 0.2) is 24.3 Å². The lowest BCUT2D eigenvalue weighted by atomic mass is 10.1. The first-order chi connectivity index (χ1) is 9.56. The molecule has 1 atom stereocenters. The minimum atomic E-state index is -0.818. The summed E-state index contributed by atoms with van der Waals surface area (Å²) >= 11 is 0. The lowest BCUT2D eigenvalue weighted by Gasteiger charge is -2.11. The number of hydrogen-bond donors (Lipinski definition) is 5. The maximum absolute atomic E-state index is 11.4. The topological polar surface area (TPSA) is 108 Å². The minimum absolute atomic E-state index is 0.180. The fraction of sp³-hybridized carbons (Fsp3) is 0.357. The molecule has 20 heavy (non-hydrogen) atoms. The molecule has 1 aromatic carbocycles. The number of nitrogens with one attached hydrogen (secondary N) is 2. The second-order valence-corrected chi connectivity index (χ2v) is 4.29. The molecule has 1 amide bonds. The van der Waals surface area contributed by atoms with Crippen LogP contribution in [-0.2, 0) is 4.79 Å². The molecular weight excluding hydrogens is 258 g/mol. The predicted octanol–water partition coefficient (Wildman–Crippen LogP) is 0.183. The Morgan fingerprint density at radius 1 is 1.50 bits per heavy atom. The first-order valence-corrected chi connectivity index (χ1v) is 6.45. The molecule has 0 spiro atoms. The first kappa shape index (κ1) is 16.0. The number of carbonyl (C=O) groups is 1. The van der Waals surface area contributed by atoms with Crippen molar-refractivity contribution in [3.8, 4) is 0 Å². The van der Waals surface area contributed by atoms with Gasteiger partial charge in [0.1, 0.15) is 0 Å². The smallest absolute Gasteiger partial charge is 0.243 e. The number of rotatable bonds is 7. The van der Waals surface area contributed by atoms with Crippen LogP contribution >= 0.6 is 0 Å². The summed E-state index contributed by atoms with van der Waals surface area (Å²) in [6, 6.07) is 5.25. The average molecular weight is 279 g/mol. The van der Waals surface area contributed by atoms with E-state index in [1.54, 1.807) is 24.3 Å². The van der Waals surface area contributed by atoms with Crippen molar-refractivity contribution in [2.24, 2.45) is 0 Å². The third-order valence-electron chi connectivity index (χ3n) is 2.60. The summed E-state index contributed by atoms with van der Waals surface area (Å²) in [6.45, 7) is 2.35. The van der Waals surface area contributed by atoms with E-state index in [1.807, 2.05) is 6.92 Å². The van der Waals surface area contributed by atoms with Gasteiger partial charge in [-0.3, -0.25) is 4.79 Å². The van der Waals surface area contributed by atoms with Gasteiger partial charge in [0.2, 0.25) is 5.91 Å². The molecule has 0 radical (unpaired) electrons. The summed E-state index contributed by atoms with van der Waals surface area (Å²) in [5.74, 6) is -0.180. The molecule has 6 N–H and O–H groups in total. The van der Waals surface area contributed by atoms with Crippen LogP contribution in [0.5, 0.6) is 0 Å². The van der Waals surface area contributed by atoms with Gasteiger partial charge in [-0.15, -0.1) is 0 Å². The molecular formula is C14H21N3O3. The molecule has 1 unspecified atom stereocenters. The molecule has 6 nitrogen and oxygen atoms in total. The van der Waals surface area contributed by atoms with Gasteiger partial charge in [0, 0.05) is 30.5 Å². The Morgan fingerprint density at radius 3 is 2.90 bits per heavy atom. The highest BCUT2D eigenvalue weighted by atomic mass is 16.3. The van der Waals surface area contributed by atoms with Gasteiger partial charge in [0.05, 0.1) is 12.7 Å². The van der Waals surface area contributed by atoms with Gasteiger partial charge < -0.3 is 26.6 Å². The van der Waals surface area contributed by atoms with Gasteiger partial charge in [-0.1, -0.05) is 0 Å².